The summed E-state index contributed by atoms with van der Waals surface area (Å²) in [6.45, 7) is 6.14. The second-order valence-corrected chi connectivity index (χ2v) is 6.27. The minimum atomic E-state index is -0.168. The number of hydrogen-bond acceptors (Lipinski definition) is 1. The monoisotopic (exact) mass is 263 g/mol. The summed E-state index contributed by atoms with van der Waals surface area (Å²) in [5.41, 5.74) is 6.85. The Hall–Kier alpha value is -1.58. The standard InChI is InChI=1S/C15H22FN3/c1-15(2,3)19-14(17)18-13-8-11(9-13)10-5-4-6-12(16)7-10/h4-7,11,13H,8-9H2,1-3H3,(H3,17,18,19). The van der Waals surface area contributed by atoms with Crippen molar-refractivity contribution >= 4 is 5.96 Å². The number of hydrogen-bond donors (Lipinski definition) is 2. The number of rotatable bonds is 2. The lowest BCUT2D eigenvalue weighted by Crippen LogP contribution is -2.46. The highest BCUT2D eigenvalue weighted by Gasteiger charge is 2.30. The van der Waals surface area contributed by atoms with E-state index in [9.17, 15) is 4.39 Å². The van der Waals surface area contributed by atoms with Crippen molar-refractivity contribution in [2.24, 2.45) is 10.7 Å². The molecule has 0 spiro atoms. The smallest absolute Gasteiger partial charge is 0.189 e. The summed E-state index contributed by atoms with van der Waals surface area (Å²) in [5.74, 6) is 0.737. The van der Waals surface area contributed by atoms with Crippen molar-refractivity contribution in [2.45, 2.75) is 51.1 Å². The van der Waals surface area contributed by atoms with Crippen LogP contribution in [-0.4, -0.2) is 17.5 Å². The molecule has 0 radical (unpaired) electrons. The second kappa shape index (κ2) is 5.19. The molecule has 0 heterocycles. The molecule has 0 saturated heterocycles. The predicted molar refractivity (Wildman–Crippen MR) is 76.7 cm³/mol. The Bertz CT molecular complexity index is 471. The molecule has 1 fully saturated rings. The summed E-state index contributed by atoms with van der Waals surface area (Å²) in [4.78, 5) is 4.46. The van der Waals surface area contributed by atoms with Crippen molar-refractivity contribution in [3.05, 3.63) is 35.6 Å². The zero-order chi connectivity index (χ0) is 14.0. The van der Waals surface area contributed by atoms with E-state index in [0.717, 1.165) is 18.4 Å². The molecule has 3 N–H and O–H groups in total. The SMILES string of the molecule is CC(C)(C)NC(N)=NC1CC(c2cccc(F)c2)C1. The number of benzene rings is 1. The Labute approximate surface area is 114 Å². The molecule has 0 unspecified atom stereocenters. The lowest BCUT2D eigenvalue weighted by molar-refractivity contribution is 0.350. The van der Waals surface area contributed by atoms with Crippen LogP contribution < -0.4 is 11.1 Å². The normalized spacial score (nSPS) is 23.9. The molecule has 1 aromatic rings. The van der Waals surface area contributed by atoms with Crippen LogP contribution in [0.15, 0.2) is 29.3 Å². The van der Waals surface area contributed by atoms with Crippen LogP contribution in [0.4, 0.5) is 4.39 Å². The van der Waals surface area contributed by atoms with Gasteiger partial charge in [0.2, 0.25) is 0 Å². The van der Waals surface area contributed by atoms with E-state index in [2.05, 4.69) is 10.3 Å². The van der Waals surface area contributed by atoms with Crippen LogP contribution in [0.5, 0.6) is 0 Å². The topological polar surface area (TPSA) is 50.4 Å². The molecule has 1 aromatic carbocycles. The lowest BCUT2D eigenvalue weighted by Gasteiger charge is -2.33. The first-order valence-electron chi connectivity index (χ1n) is 6.70. The quantitative estimate of drug-likeness (QED) is 0.637. The fraction of sp³-hybridized carbons (Fsp3) is 0.533. The lowest BCUT2D eigenvalue weighted by atomic mass is 9.76. The third kappa shape index (κ3) is 3.94. The first-order valence-corrected chi connectivity index (χ1v) is 6.70. The molecule has 0 amide bonds. The first kappa shape index (κ1) is 13.8. The average molecular weight is 263 g/mol. The first-order chi connectivity index (χ1) is 8.83. The van der Waals surface area contributed by atoms with Crippen molar-refractivity contribution in [2.75, 3.05) is 0 Å². The van der Waals surface area contributed by atoms with Gasteiger partial charge in [0.05, 0.1) is 6.04 Å². The van der Waals surface area contributed by atoms with Gasteiger partial charge in [0.1, 0.15) is 5.82 Å². The van der Waals surface area contributed by atoms with Crippen LogP contribution in [0.1, 0.15) is 45.1 Å². The highest BCUT2D eigenvalue weighted by molar-refractivity contribution is 5.78. The van der Waals surface area contributed by atoms with Gasteiger partial charge in [0.25, 0.3) is 0 Å². The fourth-order valence-electron chi connectivity index (χ4n) is 2.34. The maximum absolute atomic E-state index is 13.1. The van der Waals surface area contributed by atoms with Gasteiger partial charge in [0, 0.05) is 5.54 Å². The molecule has 0 aliphatic heterocycles. The number of aliphatic imine (C=N–C) groups is 1. The molecule has 4 heteroatoms. The van der Waals surface area contributed by atoms with Gasteiger partial charge in [0.15, 0.2) is 5.96 Å². The van der Waals surface area contributed by atoms with Crippen LogP contribution in [0, 0.1) is 5.82 Å². The van der Waals surface area contributed by atoms with E-state index >= 15 is 0 Å². The summed E-state index contributed by atoms with van der Waals surface area (Å²) >= 11 is 0. The molecule has 1 aliphatic rings. The van der Waals surface area contributed by atoms with Crippen LogP contribution in [0.3, 0.4) is 0 Å². The van der Waals surface area contributed by atoms with Gasteiger partial charge in [-0.15, -0.1) is 0 Å². The number of halogens is 1. The van der Waals surface area contributed by atoms with E-state index in [1.807, 2.05) is 26.8 Å². The number of nitrogens with two attached hydrogens (primary N) is 1. The van der Waals surface area contributed by atoms with Crippen molar-refractivity contribution in [1.29, 1.82) is 0 Å². The average Bonchev–Trinajstić information content (AvgIpc) is 2.20. The highest BCUT2D eigenvalue weighted by atomic mass is 19.1. The van der Waals surface area contributed by atoms with E-state index in [1.54, 1.807) is 12.1 Å². The summed E-state index contributed by atoms with van der Waals surface area (Å²) in [7, 11) is 0. The molecular weight excluding hydrogens is 241 g/mol. The number of nitrogens with one attached hydrogen (secondary N) is 1. The maximum Gasteiger partial charge on any atom is 0.189 e. The molecular formula is C15H22FN3. The van der Waals surface area contributed by atoms with Crippen molar-refractivity contribution in [3.8, 4) is 0 Å². The molecule has 1 saturated carbocycles. The molecule has 2 rings (SSSR count). The van der Waals surface area contributed by atoms with Gasteiger partial charge in [-0.25, -0.2) is 4.39 Å². The Morgan fingerprint density at radius 1 is 1.37 bits per heavy atom. The fourth-order valence-corrected chi connectivity index (χ4v) is 2.34. The van der Waals surface area contributed by atoms with Crippen LogP contribution >= 0.6 is 0 Å². The van der Waals surface area contributed by atoms with Gasteiger partial charge >= 0.3 is 0 Å². The summed E-state index contributed by atoms with van der Waals surface area (Å²) < 4.78 is 13.1. The van der Waals surface area contributed by atoms with E-state index in [0.29, 0.717) is 11.9 Å². The Morgan fingerprint density at radius 2 is 2.05 bits per heavy atom. The van der Waals surface area contributed by atoms with Gasteiger partial charge in [-0.2, -0.15) is 0 Å². The van der Waals surface area contributed by atoms with E-state index in [4.69, 9.17) is 5.73 Å². The van der Waals surface area contributed by atoms with Crippen LogP contribution in [-0.2, 0) is 0 Å². The van der Waals surface area contributed by atoms with Gasteiger partial charge in [-0.05, 0) is 57.2 Å². The van der Waals surface area contributed by atoms with Gasteiger partial charge < -0.3 is 11.1 Å². The predicted octanol–water partition coefficient (Wildman–Crippen LogP) is 2.77. The van der Waals surface area contributed by atoms with Crippen molar-refractivity contribution in [3.63, 3.8) is 0 Å². The summed E-state index contributed by atoms with van der Waals surface area (Å²) in [6.07, 6.45) is 1.88. The van der Waals surface area contributed by atoms with E-state index < -0.39 is 0 Å². The Balaban J connectivity index is 1.88. The van der Waals surface area contributed by atoms with E-state index in [-0.39, 0.29) is 17.4 Å². The minimum absolute atomic E-state index is 0.0701. The van der Waals surface area contributed by atoms with Crippen LogP contribution in [0.25, 0.3) is 0 Å². The van der Waals surface area contributed by atoms with Gasteiger partial charge in [-0.1, -0.05) is 12.1 Å². The number of nitrogens with zero attached hydrogens (tertiary/aromatic N) is 1. The zero-order valence-corrected chi connectivity index (χ0v) is 11.8. The summed E-state index contributed by atoms with van der Waals surface area (Å²) in [5, 5.41) is 3.15. The van der Waals surface area contributed by atoms with Crippen LogP contribution in [0.2, 0.25) is 0 Å². The largest absolute Gasteiger partial charge is 0.370 e. The maximum atomic E-state index is 13.1. The molecule has 0 bridgehead atoms. The Morgan fingerprint density at radius 3 is 2.63 bits per heavy atom. The van der Waals surface area contributed by atoms with Gasteiger partial charge in [-0.3, -0.25) is 4.99 Å². The molecule has 3 nitrogen and oxygen atoms in total. The minimum Gasteiger partial charge on any atom is -0.370 e. The zero-order valence-electron chi connectivity index (χ0n) is 11.8. The molecule has 0 atom stereocenters. The molecule has 104 valence electrons. The molecule has 19 heavy (non-hydrogen) atoms. The Kier molecular flexibility index (Phi) is 3.78. The third-order valence-corrected chi connectivity index (χ3v) is 3.26. The van der Waals surface area contributed by atoms with E-state index in [1.165, 1.54) is 6.07 Å². The van der Waals surface area contributed by atoms with Crippen molar-refractivity contribution < 1.29 is 4.39 Å². The second-order valence-electron chi connectivity index (χ2n) is 6.27. The number of guanidine groups is 1. The third-order valence-electron chi connectivity index (χ3n) is 3.26. The highest BCUT2D eigenvalue weighted by Crippen LogP contribution is 2.38. The molecule has 0 aromatic heterocycles. The molecule has 1 aliphatic carbocycles. The summed E-state index contributed by atoms with van der Waals surface area (Å²) in [6, 6.07) is 7.08. The van der Waals surface area contributed by atoms with Crippen molar-refractivity contribution in [1.82, 2.24) is 5.32 Å².